The monoisotopic (exact) mass is 338 g/mol. The van der Waals surface area contributed by atoms with E-state index in [1.54, 1.807) is 6.20 Å². The van der Waals surface area contributed by atoms with Crippen LogP contribution in [0.2, 0.25) is 0 Å². The molecule has 0 saturated carbocycles. The molecule has 1 saturated heterocycles. The summed E-state index contributed by atoms with van der Waals surface area (Å²) in [7, 11) is 4.04. The maximum absolute atomic E-state index is 12.9. The molecular weight excluding hydrogens is 312 g/mol. The van der Waals surface area contributed by atoms with Crippen LogP contribution in [0.4, 0.5) is 5.69 Å². The first-order chi connectivity index (χ1) is 12.0. The molecule has 5 heteroatoms. The van der Waals surface area contributed by atoms with Gasteiger partial charge < -0.3 is 15.1 Å². The van der Waals surface area contributed by atoms with E-state index in [1.165, 1.54) is 0 Å². The lowest BCUT2D eigenvalue weighted by Crippen LogP contribution is -2.57. The van der Waals surface area contributed by atoms with Gasteiger partial charge in [0.1, 0.15) is 0 Å². The second-order valence-electron chi connectivity index (χ2n) is 6.89. The SMILES string of the molecule is CC1NCCN(C(=O)c2cncc(-c3ccc(N(C)C)cc3)c2)C1C. The van der Waals surface area contributed by atoms with Gasteiger partial charge in [0.25, 0.3) is 5.91 Å². The zero-order valence-electron chi connectivity index (χ0n) is 15.4. The maximum atomic E-state index is 12.9. The van der Waals surface area contributed by atoms with E-state index in [0.29, 0.717) is 11.6 Å². The molecule has 5 nitrogen and oxygen atoms in total. The summed E-state index contributed by atoms with van der Waals surface area (Å²) in [5, 5.41) is 3.41. The number of aromatic nitrogens is 1. The van der Waals surface area contributed by atoms with Crippen LogP contribution in [-0.4, -0.2) is 55.1 Å². The number of nitrogens with zero attached hydrogens (tertiary/aromatic N) is 3. The number of hydrogen-bond acceptors (Lipinski definition) is 4. The summed E-state index contributed by atoms with van der Waals surface area (Å²) in [5.74, 6) is 0.0557. The van der Waals surface area contributed by atoms with E-state index >= 15 is 0 Å². The van der Waals surface area contributed by atoms with Crippen LogP contribution in [0.3, 0.4) is 0 Å². The van der Waals surface area contributed by atoms with Crippen LogP contribution < -0.4 is 10.2 Å². The Kier molecular flexibility index (Phi) is 5.04. The van der Waals surface area contributed by atoms with Gasteiger partial charge in [-0.15, -0.1) is 0 Å². The van der Waals surface area contributed by atoms with Gasteiger partial charge >= 0.3 is 0 Å². The van der Waals surface area contributed by atoms with Gasteiger partial charge in [0.2, 0.25) is 0 Å². The van der Waals surface area contributed by atoms with Crippen molar-refractivity contribution in [2.24, 2.45) is 0 Å². The first-order valence-electron chi connectivity index (χ1n) is 8.74. The van der Waals surface area contributed by atoms with Crippen molar-refractivity contribution in [3.8, 4) is 11.1 Å². The lowest BCUT2D eigenvalue weighted by Gasteiger charge is -2.38. The number of benzene rings is 1. The number of anilines is 1. The predicted molar refractivity (Wildman–Crippen MR) is 102 cm³/mol. The molecule has 1 aromatic heterocycles. The molecule has 1 aliphatic rings. The van der Waals surface area contributed by atoms with Gasteiger partial charge in [0, 0.05) is 62.9 Å². The highest BCUT2D eigenvalue weighted by atomic mass is 16.2. The molecule has 0 bridgehead atoms. The van der Waals surface area contributed by atoms with E-state index in [2.05, 4.69) is 53.3 Å². The summed E-state index contributed by atoms with van der Waals surface area (Å²) < 4.78 is 0. The van der Waals surface area contributed by atoms with E-state index < -0.39 is 0 Å². The number of carbonyl (C=O) groups excluding carboxylic acids is 1. The van der Waals surface area contributed by atoms with E-state index in [9.17, 15) is 4.79 Å². The summed E-state index contributed by atoms with van der Waals surface area (Å²) in [6.45, 7) is 5.76. The Morgan fingerprint density at radius 1 is 1.16 bits per heavy atom. The molecule has 2 unspecified atom stereocenters. The van der Waals surface area contributed by atoms with Crippen molar-refractivity contribution in [2.45, 2.75) is 25.9 Å². The first kappa shape index (κ1) is 17.4. The average molecular weight is 338 g/mol. The fourth-order valence-corrected chi connectivity index (χ4v) is 3.18. The topological polar surface area (TPSA) is 48.5 Å². The highest BCUT2D eigenvalue weighted by molar-refractivity contribution is 5.95. The smallest absolute Gasteiger partial charge is 0.255 e. The zero-order valence-corrected chi connectivity index (χ0v) is 15.4. The third-order valence-electron chi connectivity index (χ3n) is 5.00. The molecule has 1 fully saturated rings. The Labute approximate surface area is 149 Å². The standard InChI is InChI=1S/C20H26N4O/c1-14-15(2)24(10-9-22-14)20(25)18-11-17(12-21-13-18)16-5-7-19(8-6-16)23(3)4/h5-8,11-15,22H,9-10H2,1-4H3. The molecule has 0 radical (unpaired) electrons. The number of hydrogen-bond donors (Lipinski definition) is 1. The molecule has 2 atom stereocenters. The molecule has 1 aliphatic heterocycles. The molecule has 132 valence electrons. The Balaban J connectivity index is 1.84. The van der Waals surface area contributed by atoms with Crippen LogP contribution in [0.1, 0.15) is 24.2 Å². The van der Waals surface area contributed by atoms with Crippen molar-refractivity contribution in [1.29, 1.82) is 0 Å². The summed E-state index contributed by atoms with van der Waals surface area (Å²) in [6.07, 6.45) is 3.48. The number of piperazine rings is 1. The normalized spacial score (nSPS) is 20.4. The summed E-state index contributed by atoms with van der Waals surface area (Å²) in [5.41, 5.74) is 3.82. The van der Waals surface area contributed by atoms with Gasteiger partial charge in [-0.2, -0.15) is 0 Å². The average Bonchev–Trinajstić information content (AvgIpc) is 2.63. The van der Waals surface area contributed by atoms with E-state index in [-0.39, 0.29) is 11.9 Å². The first-order valence-corrected chi connectivity index (χ1v) is 8.74. The van der Waals surface area contributed by atoms with E-state index in [1.807, 2.05) is 31.3 Å². The van der Waals surface area contributed by atoms with Crippen molar-refractivity contribution in [3.05, 3.63) is 48.3 Å². The summed E-state index contributed by atoms with van der Waals surface area (Å²) in [6, 6.07) is 10.7. The van der Waals surface area contributed by atoms with Gasteiger partial charge in [0.15, 0.2) is 0 Å². The largest absolute Gasteiger partial charge is 0.378 e. The summed E-state index contributed by atoms with van der Waals surface area (Å²) in [4.78, 5) is 21.2. The molecule has 1 amide bonds. The Morgan fingerprint density at radius 3 is 2.56 bits per heavy atom. The zero-order chi connectivity index (χ0) is 18.0. The van der Waals surface area contributed by atoms with Crippen molar-refractivity contribution < 1.29 is 4.79 Å². The second kappa shape index (κ2) is 7.23. The van der Waals surface area contributed by atoms with Crippen LogP contribution in [-0.2, 0) is 0 Å². The van der Waals surface area contributed by atoms with E-state index in [0.717, 1.165) is 29.9 Å². The Bertz CT molecular complexity index is 742. The third-order valence-corrected chi connectivity index (χ3v) is 5.00. The van der Waals surface area contributed by atoms with Gasteiger partial charge in [-0.3, -0.25) is 9.78 Å². The molecule has 0 aliphatic carbocycles. The minimum absolute atomic E-state index is 0.0557. The van der Waals surface area contributed by atoms with Crippen molar-refractivity contribution in [2.75, 3.05) is 32.1 Å². The van der Waals surface area contributed by atoms with Gasteiger partial charge in [-0.1, -0.05) is 12.1 Å². The van der Waals surface area contributed by atoms with Crippen LogP contribution in [0.15, 0.2) is 42.7 Å². The van der Waals surface area contributed by atoms with Crippen molar-refractivity contribution in [3.63, 3.8) is 0 Å². The van der Waals surface area contributed by atoms with Crippen LogP contribution in [0.25, 0.3) is 11.1 Å². The lowest BCUT2D eigenvalue weighted by molar-refractivity contribution is 0.0602. The second-order valence-corrected chi connectivity index (χ2v) is 6.89. The summed E-state index contributed by atoms with van der Waals surface area (Å²) >= 11 is 0. The minimum atomic E-state index is 0.0557. The van der Waals surface area contributed by atoms with Gasteiger partial charge in [0.05, 0.1) is 5.56 Å². The number of amides is 1. The highest BCUT2D eigenvalue weighted by Gasteiger charge is 2.28. The molecule has 2 heterocycles. The molecule has 1 N–H and O–H groups in total. The molecule has 25 heavy (non-hydrogen) atoms. The van der Waals surface area contributed by atoms with E-state index in [4.69, 9.17) is 0 Å². The van der Waals surface area contributed by atoms with Crippen LogP contribution in [0, 0.1) is 0 Å². The van der Waals surface area contributed by atoms with Crippen molar-refractivity contribution in [1.82, 2.24) is 15.2 Å². The molecule has 3 rings (SSSR count). The minimum Gasteiger partial charge on any atom is -0.378 e. The number of nitrogens with one attached hydrogen (secondary N) is 1. The predicted octanol–water partition coefficient (Wildman–Crippen LogP) is 2.64. The molecule has 2 aromatic rings. The highest BCUT2D eigenvalue weighted by Crippen LogP contribution is 2.23. The quantitative estimate of drug-likeness (QED) is 0.935. The molecule has 0 spiro atoms. The number of rotatable bonds is 3. The third kappa shape index (κ3) is 3.66. The fraction of sp³-hybridized carbons (Fsp3) is 0.400. The Hall–Kier alpha value is -2.40. The van der Waals surface area contributed by atoms with Crippen molar-refractivity contribution >= 4 is 11.6 Å². The Morgan fingerprint density at radius 2 is 1.88 bits per heavy atom. The van der Waals surface area contributed by atoms with Crippen LogP contribution in [0.5, 0.6) is 0 Å². The molecule has 1 aromatic carbocycles. The maximum Gasteiger partial charge on any atom is 0.255 e. The van der Waals surface area contributed by atoms with Gasteiger partial charge in [-0.25, -0.2) is 0 Å². The van der Waals surface area contributed by atoms with Crippen LogP contribution >= 0.6 is 0 Å². The molecular formula is C20H26N4O. The van der Waals surface area contributed by atoms with Gasteiger partial charge in [-0.05, 0) is 37.6 Å². The fourth-order valence-electron chi connectivity index (χ4n) is 3.18. The number of carbonyl (C=O) groups is 1. The lowest BCUT2D eigenvalue weighted by atomic mass is 10.0. The number of pyridine rings is 1.